The third-order valence-corrected chi connectivity index (χ3v) is 4.84. The molecule has 2 nitrogen and oxygen atoms in total. The van der Waals surface area contributed by atoms with Gasteiger partial charge in [-0.3, -0.25) is 0 Å². The van der Waals surface area contributed by atoms with Gasteiger partial charge in [-0.25, -0.2) is 0 Å². The molecule has 1 saturated carbocycles. The van der Waals surface area contributed by atoms with E-state index in [9.17, 15) is 0 Å². The fourth-order valence-corrected chi connectivity index (χ4v) is 3.50. The summed E-state index contributed by atoms with van der Waals surface area (Å²) in [4.78, 5) is 2.41. The Hall–Kier alpha value is -0.0800. The van der Waals surface area contributed by atoms with Gasteiger partial charge in [0.25, 0.3) is 0 Å². The highest BCUT2D eigenvalue weighted by atomic mass is 15.1. The van der Waals surface area contributed by atoms with E-state index >= 15 is 0 Å². The topological polar surface area (TPSA) is 15.3 Å². The molecule has 0 aliphatic heterocycles. The highest BCUT2D eigenvalue weighted by molar-refractivity contribution is 4.88. The first kappa shape index (κ1) is 16.0. The summed E-state index contributed by atoms with van der Waals surface area (Å²) < 4.78 is 0. The SMILES string of the molecule is CCC(CC)C(CNC1CCC(C)(C)C1)N(C)C. The van der Waals surface area contributed by atoms with Crippen LogP contribution < -0.4 is 5.32 Å². The molecule has 0 aromatic carbocycles. The lowest BCUT2D eigenvalue weighted by atomic mass is 9.91. The lowest BCUT2D eigenvalue weighted by Gasteiger charge is -2.32. The van der Waals surface area contributed by atoms with Gasteiger partial charge in [-0.1, -0.05) is 40.5 Å². The Labute approximate surface area is 115 Å². The number of rotatable bonds is 7. The summed E-state index contributed by atoms with van der Waals surface area (Å²) in [7, 11) is 4.45. The van der Waals surface area contributed by atoms with E-state index in [0.717, 1.165) is 18.5 Å². The maximum absolute atomic E-state index is 3.83. The first-order chi connectivity index (χ1) is 8.39. The molecule has 2 heteroatoms. The molecule has 1 aliphatic rings. The van der Waals surface area contributed by atoms with Crippen LogP contribution in [0.15, 0.2) is 0 Å². The number of nitrogens with one attached hydrogen (secondary N) is 1. The molecule has 0 aromatic rings. The maximum Gasteiger partial charge on any atom is 0.0242 e. The van der Waals surface area contributed by atoms with Crippen molar-refractivity contribution < 1.29 is 0 Å². The van der Waals surface area contributed by atoms with Crippen molar-refractivity contribution in [2.45, 2.75) is 71.9 Å². The molecule has 0 aromatic heterocycles. The molecule has 2 unspecified atom stereocenters. The lowest BCUT2D eigenvalue weighted by Crippen LogP contribution is -2.45. The van der Waals surface area contributed by atoms with E-state index in [1.807, 2.05) is 0 Å². The molecule has 0 amide bonds. The average Bonchev–Trinajstić information content (AvgIpc) is 2.63. The highest BCUT2D eigenvalue weighted by Crippen LogP contribution is 2.36. The molecule has 0 radical (unpaired) electrons. The zero-order valence-electron chi connectivity index (χ0n) is 13.4. The van der Waals surface area contributed by atoms with Crippen molar-refractivity contribution in [1.82, 2.24) is 10.2 Å². The summed E-state index contributed by atoms with van der Waals surface area (Å²) in [6, 6.07) is 1.43. The van der Waals surface area contributed by atoms with Crippen LogP contribution in [0.5, 0.6) is 0 Å². The second kappa shape index (κ2) is 6.91. The second-order valence-electron chi connectivity index (χ2n) is 7.12. The van der Waals surface area contributed by atoms with Gasteiger partial charge < -0.3 is 10.2 Å². The fourth-order valence-electron chi connectivity index (χ4n) is 3.50. The molecule has 108 valence electrons. The van der Waals surface area contributed by atoms with Crippen LogP contribution in [-0.4, -0.2) is 37.6 Å². The van der Waals surface area contributed by atoms with Gasteiger partial charge in [0.15, 0.2) is 0 Å². The van der Waals surface area contributed by atoms with E-state index in [4.69, 9.17) is 0 Å². The van der Waals surface area contributed by atoms with Crippen LogP contribution in [-0.2, 0) is 0 Å². The second-order valence-corrected chi connectivity index (χ2v) is 7.12. The normalized spacial score (nSPS) is 25.0. The zero-order valence-corrected chi connectivity index (χ0v) is 13.4. The van der Waals surface area contributed by atoms with E-state index in [-0.39, 0.29) is 0 Å². The van der Waals surface area contributed by atoms with Crippen LogP contribution in [0.2, 0.25) is 0 Å². The fraction of sp³-hybridized carbons (Fsp3) is 1.00. The summed E-state index contributed by atoms with van der Waals surface area (Å²) in [6.07, 6.45) is 6.66. The van der Waals surface area contributed by atoms with Gasteiger partial charge in [0.1, 0.15) is 0 Å². The number of likely N-dealkylation sites (N-methyl/N-ethyl adjacent to an activating group) is 1. The largest absolute Gasteiger partial charge is 0.312 e. The number of hydrogen-bond acceptors (Lipinski definition) is 2. The molecule has 0 heterocycles. The van der Waals surface area contributed by atoms with Crippen molar-refractivity contribution in [3.05, 3.63) is 0 Å². The minimum absolute atomic E-state index is 0.556. The van der Waals surface area contributed by atoms with Crippen LogP contribution in [0, 0.1) is 11.3 Å². The quantitative estimate of drug-likeness (QED) is 0.748. The van der Waals surface area contributed by atoms with E-state index in [0.29, 0.717) is 11.5 Å². The lowest BCUT2D eigenvalue weighted by molar-refractivity contribution is 0.188. The van der Waals surface area contributed by atoms with Gasteiger partial charge >= 0.3 is 0 Å². The smallest absolute Gasteiger partial charge is 0.0242 e. The molecule has 1 N–H and O–H groups in total. The molecule has 2 atom stereocenters. The van der Waals surface area contributed by atoms with Crippen molar-refractivity contribution >= 4 is 0 Å². The summed E-state index contributed by atoms with van der Waals surface area (Å²) in [5, 5.41) is 3.83. The maximum atomic E-state index is 3.83. The molecule has 0 spiro atoms. The van der Waals surface area contributed by atoms with Crippen LogP contribution in [0.25, 0.3) is 0 Å². The monoisotopic (exact) mass is 254 g/mol. The number of nitrogens with zero attached hydrogens (tertiary/aromatic N) is 1. The summed E-state index contributed by atoms with van der Waals surface area (Å²) in [6.45, 7) is 10.6. The van der Waals surface area contributed by atoms with E-state index in [1.54, 1.807) is 0 Å². The Bertz CT molecular complexity index is 231. The van der Waals surface area contributed by atoms with E-state index in [1.165, 1.54) is 32.1 Å². The zero-order chi connectivity index (χ0) is 13.8. The minimum Gasteiger partial charge on any atom is -0.312 e. The Balaban J connectivity index is 2.43. The summed E-state index contributed by atoms with van der Waals surface area (Å²) >= 11 is 0. The predicted molar refractivity (Wildman–Crippen MR) is 81.0 cm³/mol. The van der Waals surface area contributed by atoms with Crippen LogP contribution in [0.3, 0.4) is 0 Å². The Morgan fingerprint density at radius 2 is 1.83 bits per heavy atom. The van der Waals surface area contributed by atoms with Gasteiger partial charge in [0.05, 0.1) is 0 Å². The van der Waals surface area contributed by atoms with E-state index in [2.05, 4.69) is 52.0 Å². The first-order valence-corrected chi connectivity index (χ1v) is 7.79. The third kappa shape index (κ3) is 4.55. The van der Waals surface area contributed by atoms with Crippen molar-refractivity contribution in [3.8, 4) is 0 Å². The van der Waals surface area contributed by atoms with Crippen molar-refractivity contribution in [2.75, 3.05) is 20.6 Å². The Kier molecular flexibility index (Phi) is 6.13. The standard InChI is InChI=1S/C16H34N2/c1-7-13(8-2)15(18(5)6)12-17-14-9-10-16(3,4)11-14/h13-15,17H,7-12H2,1-6H3. The van der Waals surface area contributed by atoms with Crippen molar-refractivity contribution in [3.63, 3.8) is 0 Å². The highest BCUT2D eigenvalue weighted by Gasteiger charge is 2.31. The van der Waals surface area contributed by atoms with Crippen LogP contribution in [0.4, 0.5) is 0 Å². The molecule has 0 saturated heterocycles. The van der Waals surface area contributed by atoms with Crippen LogP contribution in [0.1, 0.15) is 59.8 Å². The van der Waals surface area contributed by atoms with Crippen LogP contribution >= 0.6 is 0 Å². The molecular weight excluding hydrogens is 220 g/mol. The molecule has 0 bridgehead atoms. The first-order valence-electron chi connectivity index (χ1n) is 7.79. The third-order valence-electron chi connectivity index (χ3n) is 4.84. The van der Waals surface area contributed by atoms with Crippen molar-refractivity contribution in [1.29, 1.82) is 0 Å². The van der Waals surface area contributed by atoms with E-state index < -0.39 is 0 Å². The van der Waals surface area contributed by atoms with Gasteiger partial charge in [-0.15, -0.1) is 0 Å². The molecular formula is C16H34N2. The molecule has 1 aliphatic carbocycles. The Morgan fingerprint density at radius 1 is 1.22 bits per heavy atom. The minimum atomic E-state index is 0.556. The average molecular weight is 254 g/mol. The Morgan fingerprint density at radius 3 is 2.22 bits per heavy atom. The van der Waals surface area contributed by atoms with Crippen molar-refractivity contribution in [2.24, 2.45) is 11.3 Å². The summed E-state index contributed by atoms with van der Waals surface area (Å²) in [5.74, 6) is 0.821. The van der Waals surface area contributed by atoms with Gasteiger partial charge in [-0.2, -0.15) is 0 Å². The summed E-state index contributed by atoms with van der Waals surface area (Å²) in [5.41, 5.74) is 0.556. The molecule has 18 heavy (non-hydrogen) atoms. The van der Waals surface area contributed by atoms with Gasteiger partial charge in [0, 0.05) is 18.6 Å². The molecule has 1 fully saturated rings. The van der Waals surface area contributed by atoms with Gasteiger partial charge in [-0.05, 0) is 44.7 Å². The predicted octanol–water partition coefficient (Wildman–Crippen LogP) is 3.52. The number of hydrogen-bond donors (Lipinski definition) is 1. The molecule has 1 rings (SSSR count). The van der Waals surface area contributed by atoms with Gasteiger partial charge in [0.2, 0.25) is 0 Å².